The zero-order valence-electron chi connectivity index (χ0n) is 14.9. The molecule has 136 valence electrons. The fourth-order valence-electron chi connectivity index (χ4n) is 2.91. The molecule has 0 N–H and O–H groups in total. The van der Waals surface area contributed by atoms with Crippen molar-refractivity contribution in [3.05, 3.63) is 65.2 Å². The molecule has 2 aromatic rings. The molecule has 3 rings (SSSR count). The van der Waals surface area contributed by atoms with Crippen LogP contribution in [0.15, 0.2) is 48.5 Å². The van der Waals surface area contributed by atoms with Gasteiger partial charge in [0, 0.05) is 18.7 Å². The summed E-state index contributed by atoms with van der Waals surface area (Å²) in [5.74, 6) is 0.442. The summed E-state index contributed by atoms with van der Waals surface area (Å²) in [6.45, 7) is 4.24. The highest BCUT2D eigenvalue weighted by molar-refractivity contribution is 5.94. The number of hydrogen-bond acceptors (Lipinski definition) is 4. The lowest BCUT2D eigenvalue weighted by molar-refractivity contribution is 0.0526. The van der Waals surface area contributed by atoms with E-state index in [1.165, 1.54) is 0 Å². The van der Waals surface area contributed by atoms with Crippen molar-refractivity contribution in [3.8, 4) is 5.75 Å². The number of benzene rings is 2. The molecule has 1 aliphatic heterocycles. The molecule has 1 heterocycles. The molecule has 0 bridgehead atoms. The molecule has 0 spiro atoms. The number of carbonyl (C=O) groups excluding carboxylic acids is 2. The largest absolute Gasteiger partial charge is 0.489 e. The molecule has 0 aliphatic carbocycles. The van der Waals surface area contributed by atoms with E-state index < -0.39 is 0 Å². The van der Waals surface area contributed by atoms with E-state index in [-0.39, 0.29) is 11.9 Å². The summed E-state index contributed by atoms with van der Waals surface area (Å²) in [7, 11) is 0. The van der Waals surface area contributed by atoms with Gasteiger partial charge in [-0.1, -0.05) is 12.1 Å². The van der Waals surface area contributed by atoms with Crippen LogP contribution >= 0.6 is 0 Å². The van der Waals surface area contributed by atoms with Crippen LogP contribution in [0, 0.1) is 0 Å². The SMILES string of the molecule is CCOC(=O)c1ccc(OCc2ccc(C(=O)N3CCCC3)cc2)cc1. The number of ether oxygens (including phenoxy) is 2. The molecular weight excluding hydrogens is 330 g/mol. The Balaban J connectivity index is 1.54. The Bertz CT molecular complexity index is 747. The second kappa shape index (κ2) is 8.52. The van der Waals surface area contributed by atoms with E-state index in [0.717, 1.165) is 37.1 Å². The minimum absolute atomic E-state index is 0.101. The van der Waals surface area contributed by atoms with Gasteiger partial charge in [0.25, 0.3) is 5.91 Å². The molecule has 5 nitrogen and oxygen atoms in total. The molecule has 26 heavy (non-hydrogen) atoms. The Hall–Kier alpha value is -2.82. The molecule has 0 unspecified atom stereocenters. The van der Waals surface area contributed by atoms with E-state index in [1.807, 2.05) is 29.2 Å². The lowest BCUT2D eigenvalue weighted by Gasteiger charge is -2.15. The maximum atomic E-state index is 12.3. The highest BCUT2D eigenvalue weighted by Gasteiger charge is 2.19. The van der Waals surface area contributed by atoms with E-state index >= 15 is 0 Å². The molecular formula is C21H23NO4. The maximum Gasteiger partial charge on any atom is 0.338 e. The molecule has 5 heteroatoms. The zero-order valence-corrected chi connectivity index (χ0v) is 14.9. The summed E-state index contributed by atoms with van der Waals surface area (Å²) in [5.41, 5.74) is 2.20. The number of amides is 1. The third-order valence-corrected chi connectivity index (χ3v) is 4.37. The van der Waals surface area contributed by atoms with Gasteiger partial charge in [-0.15, -0.1) is 0 Å². The van der Waals surface area contributed by atoms with Crippen LogP contribution in [0.5, 0.6) is 5.75 Å². The van der Waals surface area contributed by atoms with E-state index in [4.69, 9.17) is 9.47 Å². The van der Waals surface area contributed by atoms with Gasteiger partial charge < -0.3 is 14.4 Å². The van der Waals surface area contributed by atoms with Crippen LogP contribution in [-0.4, -0.2) is 36.5 Å². The van der Waals surface area contributed by atoms with Gasteiger partial charge in [-0.3, -0.25) is 4.79 Å². The predicted octanol–water partition coefficient (Wildman–Crippen LogP) is 3.68. The highest BCUT2D eigenvalue weighted by atomic mass is 16.5. The number of carbonyl (C=O) groups is 2. The summed E-state index contributed by atoms with van der Waals surface area (Å²) in [6.07, 6.45) is 2.18. The van der Waals surface area contributed by atoms with Gasteiger partial charge in [-0.05, 0) is 61.7 Å². The fourth-order valence-corrected chi connectivity index (χ4v) is 2.91. The van der Waals surface area contributed by atoms with Gasteiger partial charge in [-0.25, -0.2) is 4.79 Å². The summed E-state index contributed by atoms with van der Waals surface area (Å²) in [5, 5.41) is 0. The quantitative estimate of drug-likeness (QED) is 0.744. The van der Waals surface area contributed by atoms with Gasteiger partial charge in [-0.2, -0.15) is 0 Å². The molecule has 0 atom stereocenters. The van der Waals surface area contributed by atoms with Crippen molar-refractivity contribution < 1.29 is 19.1 Å². The standard InChI is InChI=1S/C21H23NO4/c1-2-25-21(24)18-9-11-19(12-10-18)26-15-16-5-7-17(8-6-16)20(23)22-13-3-4-14-22/h5-12H,2-4,13-15H2,1H3. The summed E-state index contributed by atoms with van der Waals surface area (Å²) >= 11 is 0. The smallest absolute Gasteiger partial charge is 0.338 e. The third-order valence-electron chi connectivity index (χ3n) is 4.37. The molecule has 1 amide bonds. The normalized spacial score (nSPS) is 13.5. The second-order valence-electron chi connectivity index (χ2n) is 6.23. The number of likely N-dealkylation sites (tertiary alicyclic amines) is 1. The molecule has 1 fully saturated rings. The Morgan fingerprint density at radius 3 is 2.15 bits per heavy atom. The van der Waals surface area contributed by atoms with Gasteiger partial charge in [0.1, 0.15) is 12.4 Å². The van der Waals surface area contributed by atoms with E-state index in [2.05, 4.69) is 0 Å². The first-order valence-corrected chi connectivity index (χ1v) is 8.95. The zero-order chi connectivity index (χ0) is 18.4. The van der Waals surface area contributed by atoms with Crippen LogP contribution in [0.25, 0.3) is 0 Å². The Morgan fingerprint density at radius 1 is 0.923 bits per heavy atom. The number of nitrogens with zero attached hydrogens (tertiary/aromatic N) is 1. The van der Waals surface area contributed by atoms with E-state index in [1.54, 1.807) is 31.2 Å². The van der Waals surface area contributed by atoms with Gasteiger partial charge in [0.05, 0.1) is 12.2 Å². The van der Waals surface area contributed by atoms with Crippen LogP contribution in [0.4, 0.5) is 0 Å². The summed E-state index contributed by atoms with van der Waals surface area (Å²) < 4.78 is 10.7. The lowest BCUT2D eigenvalue weighted by atomic mass is 10.1. The van der Waals surface area contributed by atoms with Crippen LogP contribution in [0.2, 0.25) is 0 Å². The Morgan fingerprint density at radius 2 is 1.54 bits per heavy atom. The van der Waals surface area contributed by atoms with E-state index in [0.29, 0.717) is 24.5 Å². The molecule has 0 radical (unpaired) electrons. The Kier molecular flexibility index (Phi) is 5.89. The molecule has 2 aromatic carbocycles. The number of rotatable bonds is 6. The minimum Gasteiger partial charge on any atom is -0.489 e. The lowest BCUT2D eigenvalue weighted by Crippen LogP contribution is -2.27. The van der Waals surface area contributed by atoms with Gasteiger partial charge in [0.2, 0.25) is 0 Å². The van der Waals surface area contributed by atoms with Gasteiger partial charge in [0.15, 0.2) is 0 Å². The van der Waals surface area contributed by atoms with Crippen molar-refractivity contribution in [2.45, 2.75) is 26.4 Å². The molecule has 1 aliphatic rings. The van der Waals surface area contributed by atoms with Crippen molar-refractivity contribution in [2.75, 3.05) is 19.7 Å². The van der Waals surface area contributed by atoms with Crippen LogP contribution in [-0.2, 0) is 11.3 Å². The average Bonchev–Trinajstić information content (AvgIpc) is 3.21. The first-order valence-electron chi connectivity index (χ1n) is 8.95. The first-order chi connectivity index (χ1) is 12.7. The highest BCUT2D eigenvalue weighted by Crippen LogP contribution is 2.17. The first kappa shape index (κ1) is 18.0. The van der Waals surface area contributed by atoms with E-state index in [9.17, 15) is 9.59 Å². The maximum absolute atomic E-state index is 12.3. The topological polar surface area (TPSA) is 55.8 Å². The summed E-state index contributed by atoms with van der Waals surface area (Å²) in [4.78, 5) is 25.9. The third kappa shape index (κ3) is 4.42. The van der Waals surface area contributed by atoms with Crippen molar-refractivity contribution in [1.82, 2.24) is 4.90 Å². The summed E-state index contributed by atoms with van der Waals surface area (Å²) in [6, 6.07) is 14.4. The minimum atomic E-state index is -0.336. The van der Waals surface area contributed by atoms with Crippen molar-refractivity contribution in [1.29, 1.82) is 0 Å². The predicted molar refractivity (Wildman–Crippen MR) is 98.3 cm³/mol. The molecule has 0 saturated carbocycles. The van der Waals surface area contributed by atoms with Crippen molar-refractivity contribution >= 4 is 11.9 Å². The number of esters is 1. The molecule has 1 saturated heterocycles. The second-order valence-corrected chi connectivity index (χ2v) is 6.23. The number of hydrogen-bond donors (Lipinski definition) is 0. The van der Waals surface area contributed by atoms with Crippen LogP contribution in [0.3, 0.4) is 0 Å². The van der Waals surface area contributed by atoms with Gasteiger partial charge >= 0.3 is 5.97 Å². The monoisotopic (exact) mass is 353 g/mol. The fraction of sp³-hybridized carbons (Fsp3) is 0.333. The van der Waals surface area contributed by atoms with Crippen LogP contribution in [0.1, 0.15) is 46.0 Å². The molecule has 0 aromatic heterocycles. The van der Waals surface area contributed by atoms with Crippen LogP contribution < -0.4 is 4.74 Å². The average molecular weight is 353 g/mol. The Labute approximate surface area is 153 Å². The van der Waals surface area contributed by atoms with Crippen molar-refractivity contribution in [3.63, 3.8) is 0 Å². The van der Waals surface area contributed by atoms with Crippen molar-refractivity contribution in [2.24, 2.45) is 0 Å².